The van der Waals surface area contributed by atoms with Crippen molar-refractivity contribution in [1.82, 2.24) is 14.9 Å². The van der Waals surface area contributed by atoms with Crippen LogP contribution in [0.3, 0.4) is 0 Å². The quantitative estimate of drug-likeness (QED) is 0.760. The lowest BCUT2D eigenvalue weighted by molar-refractivity contribution is 0.207. The number of unbranched alkanes of at least 4 members (excludes halogenated alkanes) is 1. The molecule has 0 unspecified atom stereocenters. The molecule has 0 heterocycles. The Hall–Kier alpha value is -1.31. The van der Waals surface area contributed by atoms with Crippen LogP contribution >= 0.6 is 0 Å². The van der Waals surface area contributed by atoms with E-state index in [0.29, 0.717) is 18.3 Å². The Morgan fingerprint density at radius 3 is 2.46 bits per heavy atom. The Labute approximate surface area is 144 Å². The maximum Gasteiger partial charge on any atom is 0.339 e. The van der Waals surface area contributed by atoms with Gasteiger partial charge in [-0.25, -0.2) is 22.3 Å². The van der Waals surface area contributed by atoms with Crippen LogP contribution in [0.1, 0.15) is 52.4 Å². The molecule has 2 rings (SSSR count). The third-order valence-corrected chi connectivity index (χ3v) is 6.50. The summed E-state index contributed by atoms with van der Waals surface area (Å²) in [7, 11) is -3.69. The lowest BCUT2D eigenvalue weighted by Gasteiger charge is -2.28. The molecule has 0 radical (unpaired) electrons. The Kier molecular flexibility index (Phi) is 6.11. The van der Waals surface area contributed by atoms with E-state index < -0.39 is 22.1 Å². The highest BCUT2D eigenvalue weighted by molar-refractivity contribution is 7.88. The molecule has 0 spiro atoms. The fourth-order valence-corrected chi connectivity index (χ4v) is 4.94. The Bertz CT molecular complexity index is 578. The van der Waals surface area contributed by atoms with Crippen LogP contribution < -0.4 is 10.6 Å². The van der Waals surface area contributed by atoms with Gasteiger partial charge in [0.1, 0.15) is 0 Å². The van der Waals surface area contributed by atoms with Gasteiger partial charge in [-0.3, -0.25) is 5.32 Å². The first kappa shape index (κ1) is 19.0. The highest BCUT2D eigenvalue weighted by Gasteiger charge is 2.42. The van der Waals surface area contributed by atoms with Crippen molar-refractivity contribution in [3.05, 3.63) is 0 Å². The van der Waals surface area contributed by atoms with E-state index in [1.54, 1.807) is 0 Å². The molecule has 0 saturated heterocycles. The normalized spacial score (nSPS) is 26.9. The first-order valence-electron chi connectivity index (χ1n) is 8.81. The zero-order chi connectivity index (χ0) is 17.9. The monoisotopic (exact) mass is 359 g/mol. The van der Waals surface area contributed by atoms with Crippen molar-refractivity contribution in [3.63, 3.8) is 0 Å². The molecule has 138 valence electrons. The maximum atomic E-state index is 12.1. The fraction of sp³-hybridized carbons (Fsp3) is 0.875. The van der Waals surface area contributed by atoms with E-state index in [1.165, 1.54) is 19.3 Å². The molecule has 2 aliphatic rings. The Morgan fingerprint density at radius 1 is 1.25 bits per heavy atom. The third-order valence-electron chi connectivity index (χ3n) is 5.36. The van der Waals surface area contributed by atoms with Gasteiger partial charge < -0.3 is 5.32 Å². The van der Waals surface area contributed by atoms with Crippen molar-refractivity contribution < 1.29 is 18.0 Å². The molecule has 0 aromatic carbocycles. The summed E-state index contributed by atoms with van der Waals surface area (Å²) in [4.78, 5) is 24.2. The second-order valence-corrected chi connectivity index (χ2v) is 9.13. The highest BCUT2D eigenvalue weighted by atomic mass is 32.2. The van der Waals surface area contributed by atoms with E-state index in [2.05, 4.69) is 10.6 Å². The Morgan fingerprint density at radius 2 is 1.96 bits per heavy atom. The van der Waals surface area contributed by atoms with E-state index >= 15 is 0 Å². The maximum absolute atomic E-state index is 12.1. The lowest BCUT2D eigenvalue weighted by atomic mass is 9.84. The van der Waals surface area contributed by atoms with Crippen LogP contribution in [0.5, 0.6) is 0 Å². The molecule has 4 atom stereocenters. The molecule has 2 fully saturated rings. The molecule has 0 aromatic heterocycles. The van der Waals surface area contributed by atoms with E-state index in [9.17, 15) is 18.0 Å². The average molecular weight is 359 g/mol. The number of hydrogen-bond donors (Lipinski definition) is 2. The molecule has 4 amide bonds. The summed E-state index contributed by atoms with van der Waals surface area (Å²) in [5.74, 6) is 1.90. The molecule has 2 bridgehead atoms. The number of rotatable bonds is 6. The van der Waals surface area contributed by atoms with Crippen LogP contribution in [0.2, 0.25) is 0 Å². The summed E-state index contributed by atoms with van der Waals surface area (Å²) < 4.78 is 24.1. The number of carbonyl (C=O) groups excluding carboxylic acids is 2. The first-order valence-corrected chi connectivity index (χ1v) is 10.7. The molecule has 0 aliphatic heterocycles. The number of nitrogens with one attached hydrogen (secondary N) is 2. The van der Waals surface area contributed by atoms with E-state index in [0.717, 1.165) is 29.3 Å². The van der Waals surface area contributed by atoms with Gasteiger partial charge in [-0.15, -0.1) is 0 Å². The van der Waals surface area contributed by atoms with Crippen molar-refractivity contribution in [2.75, 3.05) is 12.8 Å². The number of fused-ring (bicyclic) bond motifs is 2. The molecular weight excluding hydrogens is 330 g/mol. The van der Waals surface area contributed by atoms with Crippen LogP contribution in [0.25, 0.3) is 0 Å². The highest BCUT2D eigenvalue weighted by Crippen LogP contribution is 2.49. The van der Waals surface area contributed by atoms with E-state index in [1.807, 2.05) is 13.8 Å². The molecule has 2 saturated carbocycles. The van der Waals surface area contributed by atoms with Crippen LogP contribution in [0.4, 0.5) is 9.59 Å². The Balaban J connectivity index is 1.87. The summed E-state index contributed by atoms with van der Waals surface area (Å²) in [6.07, 6.45) is 7.18. The molecule has 0 aromatic rings. The zero-order valence-electron chi connectivity index (χ0n) is 14.7. The number of hydrogen-bond acceptors (Lipinski definition) is 4. The molecule has 8 heteroatoms. The number of urea groups is 2. The SMILES string of the molecule is CCCCN(C(=O)NC(=O)N[C@H](C)[C@@H]1C[C@H]2CC[C@H]1C2)S(C)(=O)=O. The average Bonchev–Trinajstić information content (AvgIpc) is 3.08. The predicted molar refractivity (Wildman–Crippen MR) is 91.9 cm³/mol. The largest absolute Gasteiger partial charge is 0.339 e. The van der Waals surface area contributed by atoms with Crippen LogP contribution in [-0.4, -0.2) is 43.6 Å². The minimum Gasteiger partial charge on any atom is -0.335 e. The predicted octanol–water partition coefficient (Wildman–Crippen LogP) is 2.29. The minimum absolute atomic E-state index is 0.0181. The first-order chi connectivity index (χ1) is 11.2. The van der Waals surface area contributed by atoms with Crippen molar-refractivity contribution in [3.8, 4) is 0 Å². The van der Waals surface area contributed by atoms with Gasteiger partial charge in [0.25, 0.3) is 0 Å². The van der Waals surface area contributed by atoms with Crippen LogP contribution in [0, 0.1) is 17.8 Å². The van der Waals surface area contributed by atoms with Gasteiger partial charge in [0.15, 0.2) is 0 Å². The third kappa shape index (κ3) is 4.62. The second kappa shape index (κ2) is 7.72. The fourth-order valence-electron chi connectivity index (χ4n) is 4.14. The smallest absolute Gasteiger partial charge is 0.335 e. The zero-order valence-corrected chi connectivity index (χ0v) is 15.6. The van der Waals surface area contributed by atoms with Gasteiger partial charge in [-0.05, 0) is 50.4 Å². The lowest BCUT2D eigenvalue weighted by Crippen LogP contribution is -2.52. The molecule has 2 N–H and O–H groups in total. The van der Waals surface area contributed by atoms with Gasteiger partial charge in [-0.2, -0.15) is 0 Å². The summed E-state index contributed by atoms with van der Waals surface area (Å²) in [6, 6.07) is -1.53. The number of amides is 4. The minimum atomic E-state index is -3.69. The summed E-state index contributed by atoms with van der Waals surface area (Å²) in [5.41, 5.74) is 0. The second-order valence-electron chi connectivity index (χ2n) is 7.22. The van der Waals surface area contributed by atoms with Gasteiger partial charge in [0, 0.05) is 12.6 Å². The summed E-state index contributed by atoms with van der Waals surface area (Å²) >= 11 is 0. The topological polar surface area (TPSA) is 95.6 Å². The van der Waals surface area contributed by atoms with E-state index in [-0.39, 0.29) is 12.6 Å². The number of imide groups is 1. The number of carbonyl (C=O) groups is 2. The van der Waals surface area contributed by atoms with Crippen LogP contribution in [0.15, 0.2) is 0 Å². The summed E-state index contributed by atoms with van der Waals surface area (Å²) in [6.45, 7) is 3.94. The molecule has 2 aliphatic carbocycles. The number of nitrogens with zero attached hydrogens (tertiary/aromatic N) is 1. The van der Waals surface area contributed by atoms with Crippen molar-refractivity contribution in [2.24, 2.45) is 17.8 Å². The molecular formula is C16H29N3O4S. The van der Waals surface area contributed by atoms with Crippen LogP contribution in [-0.2, 0) is 10.0 Å². The van der Waals surface area contributed by atoms with Gasteiger partial charge >= 0.3 is 12.1 Å². The standard InChI is InChI=1S/C16H29N3O4S/c1-4-5-8-19(24(3,22)23)16(21)18-15(20)17-11(2)14-10-12-6-7-13(14)9-12/h11-14H,4-10H2,1-3H3,(H2,17,18,20,21)/t11-,12+,13+,14+/m1/s1. The van der Waals surface area contributed by atoms with Crippen molar-refractivity contribution >= 4 is 22.1 Å². The number of sulfonamides is 1. The van der Waals surface area contributed by atoms with Crippen molar-refractivity contribution in [1.29, 1.82) is 0 Å². The van der Waals surface area contributed by atoms with E-state index in [4.69, 9.17) is 0 Å². The van der Waals surface area contributed by atoms with Gasteiger partial charge in [-0.1, -0.05) is 19.8 Å². The summed E-state index contributed by atoms with van der Waals surface area (Å²) in [5, 5.41) is 4.96. The van der Waals surface area contributed by atoms with Gasteiger partial charge in [0.2, 0.25) is 10.0 Å². The molecule has 24 heavy (non-hydrogen) atoms. The van der Waals surface area contributed by atoms with Gasteiger partial charge in [0.05, 0.1) is 6.26 Å². The molecule has 7 nitrogen and oxygen atoms in total. The van der Waals surface area contributed by atoms with Crippen molar-refractivity contribution in [2.45, 2.75) is 58.4 Å².